The van der Waals surface area contributed by atoms with Crippen molar-refractivity contribution in [2.75, 3.05) is 13.7 Å². The van der Waals surface area contributed by atoms with Gasteiger partial charge in [-0.3, -0.25) is 4.79 Å². The molecule has 2 aromatic carbocycles. The van der Waals surface area contributed by atoms with Crippen molar-refractivity contribution in [1.29, 1.82) is 0 Å². The molecule has 4 aliphatic carbocycles. The molecule has 0 bridgehead atoms. The van der Waals surface area contributed by atoms with Gasteiger partial charge in [0.2, 0.25) is 11.2 Å². The smallest absolute Gasteiger partial charge is 0.344 e. The summed E-state index contributed by atoms with van der Waals surface area (Å²) in [5.74, 6) is 6.50. The van der Waals surface area contributed by atoms with Crippen LogP contribution in [0.15, 0.2) is 63.3 Å². The SMILES string of the molecule is COc1cccc(Oc2c(C)oc3cc(OCC(=O)O[C@H]4CC[C@@]5(C)C(=CC[C@H]6[C@H]7CC[C@H]([C@H](C)CCCC(C)C)C[C@@]7(C)CC[C@@H]65)C4)ccc3c2=O)c1. The third-order valence-electron chi connectivity index (χ3n) is 14.3. The molecule has 292 valence electrons. The molecule has 0 saturated heterocycles. The minimum atomic E-state index is -0.374. The van der Waals surface area contributed by atoms with Gasteiger partial charge in [0, 0.05) is 18.6 Å². The third kappa shape index (κ3) is 7.84. The number of aryl methyl sites for hydroxylation is 1. The molecule has 4 aliphatic rings. The van der Waals surface area contributed by atoms with Gasteiger partial charge in [0.15, 0.2) is 6.61 Å². The van der Waals surface area contributed by atoms with Crippen LogP contribution in [-0.2, 0) is 9.53 Å². The number of rotatable bonds is 12. The number of methoxy groups -OCH3 is 1. The number of hydrogen-bond donors (Lipinski definition) is 0. The molecule has 7 nitrogen and oxygen atoms in total. The van der Waals surface area contributed by atoms with E-state index in [9.17, 15) is 9.59 Å². The third-order valence-corrected chi connectivity index (χ3v) is 14.3. The zero-order valence-corrected chi connectivity index (χ0v) is 33.7. The minimum Gasteiger partial charge on any atom is -0.497 e. The second kappa shape index (κ2) is 15.8. The van der Waals surface area contributed by atoms with Crippen LogP contribution in [0.2, 0.25) is 0 Å². The van der Waals surface area contributed by atoms with E-state index >= 15 is 0 Å². The molecule has 0 N–H and O–H groups in total. The van der Waals surface area contributed by atoms with E-state index < -0.39 is 0 Å². The zero-order chi connectivity index (χ0) is 38.2. The fourth-order valence-electron chi connectivity index (χ4n) is 11.2. The Morgan fingerprint density at radius 2 is 1.76 bits per heavy atom. The Hall–Kier alpha value is -3.74. The Morgan fingerprint density at radius 3 is 2.56 bits per heavy atom. The normalized spacial score (nSPS) is 29.7. The average molecular weight is 739 g/mol. The van der Waals surface area contributed by atoms with Gasteiger partial charge in [0.1, 0.15) is 34.7 Å². The lowest BCUT2D eigenvalue weighted by Crippen LogP contribution is -2.52. The number of carbonyl (C=O) groups is 1. The van der Waals surface area contributed by atoms with Gasteiger partial charge in [-0.05, 0) is 129 Å². The van der Waals surface area contributed by atoms with E-state index in [1.165, 1.54) is 63.4 Å². The van der Waals surface area contributed by atoms with Crippen molar-refractivity contribution in [2.45, 2.75) is 125 Å². The molecular formula is C47H62O7. The summed E-state index contributed by atoms with van der Waals surface area (Å²) >= 11 is 0. The molecule has 1 aromatic heterocycles. The van der Waals surface area contributed by atoms with Crippen molar-refractivity contribution < 1.29 is 28.2 Å². The first kappa shape index (κ1) is 38.5. The topological polar surface area (TPSA) is 84.2 Å². The van der Waals surface area contributed by atoms with Crippen molar-refractivity contribution in [3.8, 4) is 23.0 Å². The number of benzene rings is 2. The summed E-state index contributed by atoms with van der Waals surface area (Å²) in [6, 6.07) is 12.0. The molecule has 7 heteroatoms. The summed E-state index contributed by atoms with van der Waals surface area (Å²) in [5, 5.41) is 0.360. The highest BCUT2D eigenvalue weighted by Gasteiger charge is 2.56. The molecule has 54 heavy (non-hydrogen) atoms. The van der Waals surface area contributed by atoms with Crippen LogP contribution in [0.25, 0.3) is 11.0 Å². The van der Waals surface area contributed by atoms with Gasteiger partial charge in [0.25, 0.3) is 0 Å². The van der Waals surface area contributed by atoms with Gasteiger partial charge in [-0.25, -0.2) is 4.79 Å². The summed E-state index contributed by atoms with van der Waals surface area (Å²) in [6.45, 7) is 13.9. The molecule has 0 radical (unpaired) electrons. The molecule has 0 spiro atoms. The maximum absolute atomic E-state index is 13.3. The van der Waals surface area contributed by atoms with Crippen molar-refractivity contribution in [2.24, 2.45) is 46.3 Å². The molecule has 7 rings (SSSR count). The lowest BCUT2D eigenvalue weighted by molar-refractivity contribution is -0.154. The zero-order valence-electron chi connectivity index (χ0n) is 33.7. The molecule has 0 amide bonds. The van der Waals surface area contributed by atoms with E-state index in [0.717, 1.165) is 54.8 Å². The number of ether oxygens (including phenoxy) is 4. The van der Waals surface area contributed by atoms with Gasteiger partial charge < -0.3 is 23.4 Å². The van der Waals surface area contributed by atoms with Gasteiger partial charge in [-0.1, -0.05) is 71.6 Å². The average Bonchev–Trinajstić information content (AvgIpc) is 3.15. The number of fused-ring (bicyclic) bond motifs is 6. The maximum Gasteiger partial charge on any atom is 0.344 e. The molecular weight excluding hydrogens is 677 g/mol. The highest BCUT2D eigenvalue weighted by molar-refractivity contribution is 5.80. The summed E-state index contributed by atoms with van der Waals surface area (Å²) in [6.07, 6.45) is 17.5. The van der Waals surface area contributed by atoms with E-state index in [-0.39, 0.29) is 35.3 Å². The summed E-state index contributed by atoms with van der Waals surface area (Å²) in [7, 11) is 1.58. The molecule has 3 fully saturated rings. The predicted molar refractivity (Wildman–Crippen MR) is 213 cm³/mol. The highest BCUT2D eigenvalue weighted by Crippen LogP contribution is 2.65. The van der Waals surface area contributed by atoms with Crippen molar-refractivity contribution in [3.05, 3.63) is 70.1 Å². The number of esters is 1. The maximum atomic E-state index is 13.3. The number of allylic oxidation sites excluding steroid dienone is 1. The van der Waals surface area contributed by atoms with Crippen LogP contribution in [0.1, 0.15) is 117 Å². The largest absolute Gasteiger partial charge is 0.497 e. The van der Waals surface area contributed by atoms with Crippen LogP contribution in [0.4, 0.5) is 0 Å². The first-order valence-electron chi connectivity index (χ1n) is 20.8. The summed E-state index contributed by atoms with van der Waals surface area (Å²) in [5.41, 5.74) is 2.27. The lowest BCUT2D eigenvalue weighted by atomic mass is 9.44. The van der Waals surface area contributed by atoms with Crippen LogP contribution in [-0.4, -0.2) is 25.8 Å². The molecule has 0 aliphatic heterocycles. The fraction of sp³-hybridized carbons (Fsp3) is 0.617. The van der Waals surface area contributed by atoms with E-state index in [4.69, 9.17) is 23.4 Å². The standard InChI is InChI=1S/C47H62O7/c1-29(2)10-8-11-30(3)32-14-19-40-38-17-15-33-24-37(20-23-47(33,6)41(38)21-22-46(40,5)27-32)53-43(48)28-51-35-16-18-39-42(26-35)52-31(4)45(44(39)49)54-36-13-9-12-34(25-36)50-7/h9,12-13,15-16,18,25-26,29-30,32,37-38,40-41H,8,10-11,14,17,19-24,27-28H2,1-7H3/t30-,32+,37+,38+,40-,41+,46-,47+/m1/s1. The van der Waals surface area contributed by atoms with E-state index in [2.05, 4.69) is 40.7 Å². The van der Waals surface area contributed by atoms with Crippen molar-refractivity contribution in [1.82, 2.24) is 0 Å². The Balaban J connectivity index is 0.933. The Kier molecular flexibility index (Phi) is 11.3. The number of carbonyl (C=O) groups excluding carboxylic acids is 1. The molecule has 1 heterocycles. The monoisotopic (exact) mass is 738 g/mol. The minimum absolute atomic E-state index is 0.113. The quantitative estimate of drug-likeness (QED) is 0.135. The van der Waals surface area contributed by atoms with Crippen LogP contribution in [0.3, 0.4) is 0 Å². The van der Waals surface area contributed by atoms with Crippen LogP contribution < -0.4 is 19.6 Å². The van der Waals surface area contributed by atoms with Crippen LogP contribution in [0.5, 0.6) is 23.0 Å². The predicted octanol–water partition coefficient (Wildman–Crippen LogP) is 11.6. The fourth-order valence-corrected chi connectivity index (χ4v) is 11.2. The molecule has 8 atom stereocenters. The summed E-state index contributed by atoms with van der Waals surface area (Å²) < 4.78 is 29.0. The Bertz CT molecular complexity index is 1910. The van der Waals surface area contributed by atoms with Crippen LogP contribution in [0, 0.1) is 53.3 Å². The highest BCUT2D eigenvalue weighted by atomic mass is 16.6. The van der Waals surface area contributed by atoms with Gasteiger partial charge in [-0.15, -0.1) is 0 Å². The van der Waals surface area contributed by atoms with Gasteiger partial charge in [-0.2, -0.15) is 0 Å². The summed E-state index contributed by atoms with van der Waals surface area (Å²) in [4.78, 5) is 26.4. The van der Waals surface area contributed by atoms with Gasteiger partial charge >= 0.3 is 5.97 Å². The lowest BCUT2D eigenvalue weighted by Gasteiger charge is -2.61. The number of hydrogen-bond acceptors (Lipinski definition) is 7. The van der Waals surface area contributed by atoms with Crippen LogP contribution >= 0.6 is 0 Å². The Morgan fingerprint density at radius 1 is 0.944 bits per heavy atom. The van der Waals surface area contributed by atoms with E-state index in [1.807, 2.05) is 0 Å². The molecule has 3 aromatic rings. The Labute approximate surface area is 322 Å². The molecule has 0 unspecified atom stereocenters. The van der Waals surface area contributed by atoms with Crippen molar-refractivity contribution in [3.63, 3.8) is 0 Å². The van der Waals surface area contributed by atoms with Crippen molar-refractivity contribution >= 4 is 16.9 Å². The first-order chi connectivity index (χ1) is 25.9. The second-order valence-corrected chi connectivity index (χ2v) is 18.2. The first-order valence-corrected chi connectivity index (χ1v) is 20.8. The van der Waals surface area contributed by atoms with E-state index in [0.29, 0.717) is 39.4 Å². The second-order valence-electron chi connectivity index (χ2n) is 18.2. The van der Waals surface area contributed by atoms with E-state index in [1.54, 1.807) is 56.5 Å². The van der Waals surface area contributed by atoms with Gasteiger partial charge in [0.05, 0.1) is 12.5 Å². The molecule has 3 saturated carbocycles.